The van der Waals surface area contributed by atoms with Gasteiger partial charge >= 0.3 is 0 Å². The third-order valence-electron chi connectivity index (χ3n) is 3.92. The summed E-state index contributed by atoms with van der Waals surface area (Å²) in [6.45, 7) is 5.10. The van der Waals surface area contributed by atoms with E-state index >= 15 is 0 Å². The van der Waals surface area contributed by atoms with Gasteiger partial charge in [0.15, 0.2) is 0 Å². The van der Waals surface area contributed by atoms with Gasteiger partial charge in [0.1, 0.15) is 5.75 Å². The highest BCUT2D eigenvalue weighted by Gasteiger charge is 2.20. The number of aromatic nitrogens is 1. The lowest BCUT2D eigenvalue weighted by atomic mass is 9.98. The summed E-state index contributed by atoms with van der Waals surface area (Å²) in [7, 11) is 1.73. The molecule has 1 aromatic heterocycles. The molecule has 0 atom stereocenters. The van der Waals surface area contributed by atoms with Crippen molar-refractivity contribution in [3.63, 3.8) is 0 Å². The van der Waals surface area contributed by atoms with E-state index in [-0.39, 0.29) is 0 Å². The highest BCUT2D eigenvalue weighted by Crippen LogP contribution is 2.34. The molecule has 1 saturated carbocycles. The molecule has 0 saturated heterocycles. The van der Waals surface area contributed by atoms with Gasteiger partial charge in [-0.1, -0.05) is 6.07 Å². The Balaban J connectivity index is 1.93. The molecule has 1 N–H and O–H groups in total. The molecule has 3 rings (SSSR count). The maximum Gasteiger partial charge on any atom is 0.127 e. The van der Waals surface area contributed by atoms with E-state index in [9.17, 15) is 0 Å². The zero-order valence-electron chi connectivity index (χ0n) is 12.9. The minimum atomic E-state index is 0.712. The standard InChI is InChI=1S/C18H22N2O/c1-12-6-13(2)18(17(7-12)21-3)15-8-14(9-19-11-15)10-20-16-4-5-16/h6-9,11,16,20H,4-5,10H2,1-3H3. The van der Waals surface area contributed by atoms with Crippen LogP contribution in [0.3, 0.4) is 0 Å². The third kappa shape index (κ3) is 3.24. The first-order chi connectivity index (χ1) is 10.2. The first kappa shape index (κ1) is 14.1. The van der Waals surface area contributed by atoms with Crippen molar-refractivity contribution in [1.82, 2.24) is 10.3 Å². The predicted octanol–water partition coefficient (Wildman–Crippen LogP) is 3.63. The number of aryl methyl sites for hydroxylation is 2. The summed E-state index contributed by atoms with van der Waals surface area (Å²) >= 11 is 0. The van der Waals surface area contributed by atoms with E-state index in [0.717, 1.165) is 23.4 Å². The topological polar surface area (TPSA) is 34.1 Å². The average Bonchev–Trinajstić information content (AvgIpc) is 3.28. The van der Waals surface area contributed by atoms with E-state index in [0.29, 0.717) is 6.04 Å². The minimum Gasteiger partial charge on any atom is -0.496 e. The van der Waals surface area contributed by atoms with E-state index in [4.69, 9.17) is 4.74 Å². The van der Waals surface area contributed by atoms with Crippen LogP contribution in [0.5, 0.6) is 5.75 Å². The van der Waals surface area contributed by atoms with Gasteiger partial charge in [-0.2, -0.15) is 0 Å². The van der Waals surface area contributed by atoms with Crippen molar-refractivity contribution in [2.45, 2.75) is 39.3 Å². The van der Waals surface area contributed by atoms with Crippen LogP contribution in [0.15, 0.2) is 30.6 Å². The summed E-state index contributed by atoms with van der Waals surface area (Å²) in [5.74, 6) is 0.918. The highest BCUT2D eigenvalue weighted by atomic mass is 16.5. The van der Waals surface area contributed by atoms with Gasteiger partial charge in [-0.25, -0.2) is 0 Å². The maximum absolute atomic E-state index is 5.57. The molecule has 0 bridgehead atoms. The fraction of sp³-hybridized carbons (Fsp3) is 0.389. The summed E-state index contributed by atoms with van der Waals surface area (Å²) in [5.41, 5.74) is 5.93. The molecule has 0 amide bonds. The van der Waals surface area contributed by atoms with Gasteiger partial charge < -0.3 is 10.1 Å². The SMILES string of the molecule is COc1cc(C)cc(C)c1-c1cncc(CNC2CC2)c1. The monoisotopic (exact) mass is 282 g/mol. The van der Waals surface area contributed by atoms with Crippen molar-refractivity contribution in [1.29, 1.82) is 0 Å². The van der Waals surface area contributed by atoms with Gasteiger partial charge in [-0.3, -0.25) is 4.98 Å². The van der Waals surface area contributed by atoms with Gasteiger partial charge in [0.05, 0.1) is 7.11 Å². The molecule has 0 spiro atoms. The summed E-state index contributed by atoms with van der Waals surface area (Å²) in [5, 5.41) is 3.53. The van der Waals surface area contributed by atoms with E-state index in [1.165, 1.54) is 29.5 Å². The number of nitrogens with zero attached hydrogens (tertiary/aromatic N) is 1. The van der Waals surface area contributed by atoms with Crippen LogP contribution in [0.2, 0.25) is 0 Å². The number of pyridine rings is 1. The maximum atomic E-state index is 5.57. The Morgan fingerprint density at radius 1 is 1.19 bits per heavy atom. The van der Waals surface area contributed by atoms with Crippen LogP contribution in [0.4, 0.5) is 0 Å². The van der Waals surface area contributed by atoms with Crippen LogP contribution in [0, 0.1) is 13.8 Å². The fourth-order valence-electron chi connectivity index (χ4n) is 2.73. The van der Waals surface area contributed by atoms with Crippen LogP contribution in [-0.4, -0.2) is 18.1 Å². The third-order valence-corrected chi connectivity index (χ3v) is 3.92. The summed E-state index contributed by atoms with van der Waals surface area (Å²) in [6, 6.07) is 7.19. The molecule has 0 aliphatic heterocycles. The van der Waals surface area contributed by atoms with Gasteiger partial charge in [0, 0.05) is 36.1 Å². The van der Waals surface area contributed by atoms with E-state index in [1.807, 2.05) is 12.4 Å². The molecule has 1 fully saturated rings. The lowest BCUT2D eigenvalue weighted by Gasteiger charge is -2.14. The number of benzene rings is 1. The number of nitrogens with one attached hydrogen (secondary N) is 1. The molecule has 110 valence electrons. The molecule has 1 aliphatic rings. The van der Waals surface area contributed by atoms with Gasteiger partial charge in [0.25, 0.3) is 0 Å². The lowest BCUT2D eigenvalue weighted by molar-refractivity contribution is 0.416. The Bertz CT molecular complexity index is 648. The van der Waals surface area contributed by atoms with Crippen LogP contribution in [0.25, 0.3) is 11.1 Å². The predicted molar refractivity (Wildman–Crippen MR) is 85.6 cm³/mol. The van der Waals surface area contributed by atoms with Crippen molar-refractivity contribution < 1.29 is 4.74 Å². The average molecular weight is 282 g/mol. The summed E-state index contributed by atoms with van der Waals surface area (Å²) in [6.07, 6.45) is 6.46. The van der Waals surface area contributed by atoms with Crippen molar-refractivity contribution >= 4 is 0 Å². The second-order valence-corrected chi connectivity index (χ2v) is 5.90. The zero-order valence-corrected chi connectivity index (χ0v) is 12.9. The van der Waals surface area contributed by atoms with Gasteiger partial charge in [-0.05, 0) is 55.5 Å². The Morgan fingerprint density at radius 2 is 2.00 bits per heavy atom. The van der Waals surface area contributed by atoms with Gasteiger partial charge in [-0.15, -0.1) is 0 Å². The minimum absolute atomic E-state index is 0.712. The Morgan fingerprint density at radius 3 is 2.71 bits per heavy atom. The summed E-state index contributed by atoms with van der Waals surface area (Å²) < 4.78 is 5.57. The fourth-order valence-corrected chi connectivity index (χ4v) is 2.73. The van der Waals surface area contributed by atoms with E-state index in [1.54, 1.807) is 7.11 Å². The first-order valence-corrected chi connectivity index (χ1v) is 7.50. The molecule has 0 unspecified atom stereocenters. The molecule has 3 nitrogen and oxygen atoms in total. The van der Waals surface area contributed by atoms with Crippen LogP contribution < -0.4 is 10.1 Å². The molecule has 0 radical (unpaired) electrons. The second-order valence-electron chi connectivity index (χ2n) is 5.90. The quantitative estimate of drug-likeness (QED) is 0.909. The van der Waals surface area contributed by atoms with Crippen LogP contribution in [0.1, 0.15) is 29.5 Å². The Labute approximate surface area is 126 Å². The number of ether oxygens (including phenoxy) is 1. The number of hydrogen-bond acceptors (Lipinski definition) is 3. The molecule has 1 heterocycles. The number of methoxy groups -OCH3 is 1. The van der Waals surface area contributed by atoms with E-state index in [2.05, 4.69) is 42.3 Å². The molecular formula is C18H22N2O. The zero-order chi connectivity index (χ0) is 14.8. The Hall–Kier alpha value is -1.87. The first-order valence-electron chi connectivity index (χ1n) is 7.50. The van der Waals surface area contributed by atoms with Crippen molar-refractivity contribution in [2.75, 3.05) is 7.11 Å². The molecule has 2 aromatic rings. The Kier molecular flexibility index (Phi) is 3.93. The second kappa shape index (κ2) is 5.86. The van der Waals surface area contributed by atoms with Crippen molar-refractivity contribution in [2.24, 2.45) is 0 Å². The molecule has 1 aliphatic carbocycles. The van der Waals surface area contributed by atoms with Crippen LogP contribution in [-0.2, 0) is 6.54 Å². The highest BCUT2D eigenvalue weighted by molar-refractivity contribution is 5.74. The lowest BCUT2D eigenvalue weighted by Crippen LogP contribution is -2.15. The van der Waals surface area contributed by atoms with Crippen molar-refractivity contribution in [3.8, 4) is 16.9 Å². The summed E-state index contributed by atoms with van der Waals surface area (Å²) in [4.78, 5) is 4.40. The molecule has 21 heavy (non-hydrogen) atoms. The smallest absolute Gasteiger partial charge is 0.127 e. The molecule has 3 heteroatoms. The van der Waals surface area contributed by atoms with Crippen molar-refractivity contribution in [3.05, 3.63) is 47.3 Å². The normalized spacial score (nSPS) is 14.2. The molecule has 1 aromatic carbocycles. The largest absolute Gasteiger partial charge is 0.496 e. The van der Waals surface area contributed by atoms with E-state index < -0.39 is 0 Å². The number of hydrogen-bond donors (Lipinski definition) is 1. The van der Waals surface area contributed by atoms with Gasteiger partial charge in [0.2, 0.25) is 0 Å². The molecular weight excluding hydrogens is 260 g/mol. The van der Waals surface area contributed by atoms with Crippen LogP contribution >= 0.6 is 0 Å². The number of rotatable bonds is 5.